The first kappa shape index (κ1) is 7.39. The van der Waals surface area contributed by atoms with Crippen LogP contribution in [0.1, 0.15) is 0 Å². The second-order valence-electron chi connectivity index (χ2n) is 2.75. The average Bonchev–Trinajstić information content (AvgIpc) is 2.42. The molecule has 0 unspecified atom stereocenters. The Labute approximate surface area is 69.1 Å². The van der Waals surface area contributed by atoms with Gasteiger partial charge in [0.25, 0.3) is 0 Å². The van der Waals surface area contributed by atoms with E-state index in [-0.39, 0.29) is 6.61 Å². The van der Waals surface area contributed by atoms with Crippen LogP contribution >= 0.6 is 0 Å². The third-order valence-corrected chi connectivity index (χ3v) is 1.74. The number of nitrogens with zero attached hydrogens (tertiary/aromatic N) is 2. The fraction of sp³-hybridized carbons (Fsp3) is 0.250. The SMILES string of the molecule is NC1(CO)N=c2ccccc2=N1. The van der Waals surface area contributed by atoms with Gasteiger partial charge in [-0.15, -0.1) is 0 Å². The van der Waals surface area contributed by atoms with Gasteiger partial charge in [-0.2, -0.15) is 0 Å². The van der Waals surface area contributed by atoms with Crippen molar-refractivity contribution in [2.45, 2.75) is 5.79 Å². The molecule has 62 valence electrons. The first-order valence-electron chi connectivity index (χ1n) is 3.68. The predicted octanol–water partition coefficient (Wildman–Crippen LogP) is -1.46. The molecule has 0 spiro atoms. The van der Waals surface area contributed by atoms with Gasteiger partial charge in [0.2, 0.25) is 5.79 Å². The van der Waals surface area contributed by atoms with Crippen LogP contribution < -0.4 is 16.4 Å². The molecule has 0 aromatic heterocycles. The van der Waals surface area contributed by atoms with Crippen LogP contribution in [0.4, 0.5) is 0 Å². The summed E-state index contributed by atoms with van der Waals surface area (Å²) < 4.78 is 0. The lowest BCUT2D eigenvalue weighted by molar-refractivity contribution is 0.207. The summed E-state index contributed by atoms with van der Waals surface area (Å²) in [6.07, 6.45) is 0. The highest BCUT2D eigenvalue weighted by Crippen LogP contribution is 2.02. The summed E-state index contributed by atoms with van der Waals surface area (Å²) in [6, 6.07) is 7.37. The molecule has 0 saturated heterocycles. The van der Waals surface area contributed by atoms with E-state index in [1.165, 1.54) is 0 Å². The molecule has 4 heteroatoms. The molecule has 12 heavy (non-hydrogen) atoms. The lowest BCUT2D eigenvalue weighted by Crippen LogP contribution is -2.38. The Hall–Kier alpha value is -1.26. The number of hydrogen-bond acceptors (Lipinski definition) is 4. The minimum atomic E-state index is -1.15. The van der Waals surface area contributed by atoms with Crippen LogP contribution in [0.2, 0.25) is 0 Å². The molecule has 1 aliphatic heterocycles. The molecule has 1 heterocycles. The number of rotatable bonds is 1. The van der Waals surface area contributed by atoms with E-state index in [2.05, 4.69) is 9.98 Å². The molecule has 3 N–H and O–H groups in total. The lowest BCUT2D eigenvalue weighted by Gasteiger charge is -2.11. The van der Waals surface area contributed by atoms with Crippen molar-refractivity contribution in [3.63, 3.8) is 0 Å². The van der Waals surface area contributed by atoms with Crippen molar-refractivity contribution in [1.29, 1.82) is 0 Å². The van der Waals surface area contributed by atoms with E-state index in [1.54, 1.807) is 0 Å². The lowest BCUT2D eigenvalue weighted by atomic mass is 10.3. The minimum Gasteiger partial charge on any atom is -0.390 e. The molecule has 2 rings (SSSR count). The Morgan fingerprint density at radius 2 is 1.75 bits per heavy atom. The molecule has 4 nitrogen and oxygen atoms in total. The maximum atomic E-state index is 8.88. The summed E-state index contributed by atoms with van der Waals surface area (Å²) in [6.45, 7) is -0.262. The van der Waals surface area contributed by atoms with E-state index in [9.17, 15) is 0 Å². The first-order valence-corrected chi connectivity index (χ1v) is 3.68. The van der Waals surface area contributed by atoms with Crippen molar-refractivity contribution in [3.05, 3.63) is 35.0 Å². The van der Waals surface area contributed by atoms with E-state index < -0.39 is 5.79 Å². The van der Waals surface area contributed by atoms with Gasteiger partial charge in [0.05, 0.1) is 10.7 Å². The quantitative estimate of drug-likeness (QED) is 0.531. The number of fused-ring (bicyclic) bond motifs is 1. The van der Waals surface area contributed by atoms with E-state index in [4.69, 9.17) is 10.8 Å². The van der Waals surface area contributed by atoms with Gasteiger partial charge in [0.15, 0.2) is 0 Å². The molecule has 1 aromatic carbocycles. The van der Waals surface area contributed by atoms with Gasteiger partial charge in [-0.05, 0) is 12.1 Å². The Balaban J connectivity index is 2.68. The summed E-state index contributed by atoms with van der Waals surface area (Å²) in [5.74, 6) is -1.15. The van der Waals surface area contributed by atoms with Crippen LogP contribution in [0.5, 0.6) is 0 Å². The topological polar surface area (TPSA) is 71.0 Å². The first-order chi connectivity index (χ1) is 5.73. The number of benzene rings is 1. The maximum Gasteiger partial charge on any atom is 0.226 e. The van der Waals surface area contributed by atoms with Gasteiger partial charge in [0, 0.05) is 0 Å². The minimum absolute atomic E-state index is 0.262. The standard InChI is InChI=1S/C8H9N3O/c9-8(5-12)10-6-3-1-2-4-7(6)11-8/h1-4,12H,5,9H2. The van der Waals surface area contributed by atoms with Gasteiger partial charge in [-0.3, -0.25) is 5.73 Å². The highest BCUT2D eigenvalue weighted by molar-refractivity contribution is 5.06. The molecule has 0 aliphatic carbocycles. The van der Waals surface area contributed by atoms with Crippen LogP contribution in [0.3, 0.4) is 0 Å². The summed E-state index contributed by atoms with van der Waals surface area (Å²) >= 11 is 0. The third kappa shape index (κ3) is 1.01. The average molecular weight is 163 g/mol. The van der Waals surface area contributed by atoms with Crippen LogP contribution in [0.15, 0.2) is 34.3 Å². The van der Waals surface area contributed by atoms with E-state index in [0.29, 0.717) is 0 Å². The third-order valence-electron chi connectivity index (χ3n) is 1.74. The Morgan fingerprint density at radius 1 is 1.25 bits per heavy atom. The molecule has 0 atom stereocenters. The number of nitrogens with two attached hydrogens (primary N) is 1. The molecule has 0 fully saturated rings. The van der Waals surface area contributed by atoms with Crippen molar-refractivity contribution in [2.75, 3.05) is 6.61 Å². The fourth-order valence-corrected chi connectivity index (χ4v) is 1.17. The molecular weight excluding hydrogens is 154 g/mol. The summed E-state index contributed by atoms with van der Waals surface area (Å²) in [7, 11) is 0. The van der Waals surface area contributed by atoms with Gasteiger partial charge < -0.3 is 5.11 Å². The highest BCUT2D eigenvalue weighted by atomic mass is 16.3. The monoisotopic (exact) mass is 163 g/mol. The zero-order valence-electron chi connectivity index (χ0n) is 6.44. The molecular formula is C8H9N3O. The summed E-state index contributed by atoms with van der Waals surface area (Å²) in [5, 5.41) is 10.4. The second-order valence-corrected chi connectivity index (χ2v) is 2.75. The Kier molecular flexibility index (Phi) is 1.46. The van der Waals surface area contributed by atoms with Gasteiger partial charge in [0.1, 0.15) is 6.61 Å². The fourth-order valence-electron chi connectivity index (χ4n) is 1.17. The van der Waals surface area contributed by atoms with Crippen molar-refractivity contribution < 1.29 is 5.11 Å². The molecule has 0 radical (unpaired) electrons. The normalized spacial score (nSPS) is 17.8. The molecule has 1 aromatic rings. The largest absolute Gasteiger partial charge is 0.390 e. The van der Waals surface area contributed by atoms with Crippen molar-refractivity contribution >= 4 is 0 Å². The van der Waals surface area contributed by atoms with Gasteiger partial charge in [-0.1, -0.05) is 12.1 Å². The number of aliphatic hydroxyl groups is 1. The summed E-state index contributed by atoms with van der Waals surface area (Å²) in [4.78, 5) is 8.13. The molecule has 0 bridgehead atoms. The highest BCUT2D eigenvalue weighted by Gasteiger charge is 2.23. The molecule has 1 aliphatic rings. The van der Waals surface area contributed by atoms with Crippen LogP contribution in [-0.4, -0.2) is 17.5 Å². The zero-order chi connectivity index (χ0) is 8.60. The van der Waals surface area contributed by atoms with Gasteiger partial charge >= 0.3 is 0 Å². The number of hydrogen-bond donors (Lipinski definition) is 2. The van der Waals surface area contributed by atoms with Crippen molar-refractivity contribution in [1.82, 2.24) is 0 Å². The predicted molar refractivity (Wildman–Crippen MR) is 42.8 cm³/mol. The maximum absolute atomic E-state index is 8.88. The van der Waals surface area contributed by atoms with Gasteiger partial charge in [-0.25, -0.2) is 9.98 Å². The number of para-hydroxylation sites is 2. The van der Waals surface area contributed by atoms with E-state index in [1.807, 2.05) is 24.3 Å². The summed E-state index contributed by atoms with van der Waals surface area (Å²) in [5.41, 5.74) is 5.63. The van der Waals surface area contributed by atoms with Crippen LogP contribution in [0, 0.1) is 0 Å². The molecule has 0 saturated carbocycles. The van der Waals surface area contributed by atoms with Crippen LogP contribution in [-0.2, 0) is 0 Å². The van der Waals surface area contributed by atoms with E-state index in [0.717, 1.165) is 10.7 Å². The molecule has 0 amide bonds. The smallest absolute Gasteiger partial charge is 0.226 e. The number of aliphatic hydroxyl groups excluding tert-OH is 1. The second kappa shape index (κ2) is 2.36. The van der Waals surface area contributed by atoms with Crippen LogP contribution in [0.25, 0.3) is 0 Å². The van der Waals surface area contributed by atoms with Crippen molar-refractivity contribution in [3.8, 4) is 0 Å². The Morgan fingerprint density at radius 3 is 2.17 bits per heavy atom. The zero-order valence-corrected chi connectivity index (χ0v) is 6.44. The van der Waals surface area contributed by atoms with E-state index >= 15 is 0 Å². The van der Waals surface area contributed by atoms with Crippen molar-refractivity contribution in [2.24, 2.45) is 15.7 Å². The Bertz CT molecular complexity index is 378.